The van der Waals surface area contributed by atoms with E-state index in [1.807, 2.05) is 35.8 Å². The molecule has 0 unspecified atom stereocenters. The zero-order chi connectivity index (χ0) is 19.4. The van der Waals surface area contributed by atoms with E-state index in [9.17, 15) is 4.79 Å². The fraction of sp³-hybridized carbons (Fsp3) is 0.364. The number of fused-ring (bicyclic) bond motifs is 1. The van der Waals surface area contributed by atoms with Gasteiger partial charge in [0.15, 0.2) is 0 Å². The SMILES string of the molecule is Cc1cc(C)c(C)c(OCCCNC(=O)Cn2c(C)nc3ccccc32)c1. The van der Waals surface area contributed by atoms with Gasteiger partial charge < -0.3 is 14.6 Å². The third-order valence-electron chi connectivity index (χ3n) is 4.81. The summed E-state index contributed by atoms with van der Waals surface area (Å²) >= 11 is 0. The number of carbonyl (C=O) groups excluding carboxylic acids is 1. The first-order valence-electron chi connectivity index (χ1n) is 9.35. The van der Waals surface area contributed by atoms with Crippen molar-refractivity contribution >= 4 is 16.9 Å². The normalized spacial score (nSPS) is 11.0. The number of ether oxygens (including phenoxy) is 1. The van der Waals surface area contributed by atoms with Crippen LogP contribution in [0.25, 0.3) is 11.0 Å². The molecule has 0 spiro atoms. The Labute approximate surface area is 160 Å². The summed E-state index contributed by atoms with van der Waals surface area (Å²) in [4.78, 5) is 16.8. The van der Waals surface area contributed by atoms with E-state index >= 15 is 0 Å². The number of nitrogens with zero attached hydrogens (tertiary/aromatic N) is 2. The van der Waals surface area contributed by atoms with E-state index < -0.39 is 0 Å². The Morgan fingerprint density at radius 2 is 1.93 bits per heavy atom. The summed E-state index contributed by atoms with van der Waals surface area (Å²) in [6.07, 6.45) is 0.766. The molecular formula is C22H27N3O2. The highest BCUT2D eigenvalue weighted by Crippen LogP contribution is 2.23. The van der Waals surface area contributed by atoms with E-state index in [4.69, 9.17) is 4.74 Å². The summed E-state index contributed by atoms with van der Waals surface area (Å²) in [6.45, 7) is 9.62. The van der Waals surface area contributed by atoms with Crippen molar-refractivity contribution in [1.82, 2.24) is 14.9 Å². The van der Waals surface area contributed by atoms with E-state index in [2.05, 4.69) is 43.2 Å². The highest BCUT2D eigenvalue weighted by molar-refractivity contribution is 5.81. The largest absolute Gasteiger partial charge is 0.493 e. The van der Waals surface area contributed by atoms with E-state index in [0.717, 1.165) is 29.0 Å². The van der Waals surface area contributed by atoms with E-state index in [1.165, 1.54) is 16.7 Å². The van der Waals surface area contributed by atoms with Gasteiger partial charge >= 0.3 is 0 Å². The predicted molar refractivity (Wildman–Crippen MR) is 108 cm³/mol. The third kappa shape index (κ3) is 4.48. The maximum absolute atomic E-state index is 12.3. The highest BCUT2D eigenvalue weighted by Gasteiger charge is 2.10. The molecule has 0 atom stereocenters. The lowest BCUT2D eigenvalue weighted by molar-refractivity contribution is -0.121. The van der Waals surface area contributed by atoms with E-state index in [1.54, 1.807) is 0 Å². The van der Waals surface area contributed by atoms with Gasteiger partial charge in [0.25, 0.3) is 0 Å². The van der Waals surface area contributed by atoms with Crippen molar-refractivity contribution in [1.29, 1.82) is 0 Å². The molecule has 2 aromatic carbocycles. The molecule has 0 aliphatic heterocycles. The Balaban J connectivity index is 1.47. The van der Waals surface area contributed by atoms with Crippen LogP contribution in [-0.2, 0) is 11.3 Å². The fourth-order valence-corrected chi connectivity index (χ4v) is 3.23. The summed E-state index contributed by atoms with van der Waals surface area (Å²) in [5, 5.41) is 2.97. The van der Waals surface area contributed by atoms with Crippen molar-refractivity contribution in [3.05, 3.63) is 58.9 Å². The van der Waals surface area contributed by atoms with Crippen molar-refractivity contribution in [3.63, 3.8) is 0 Å². The standard InChI is InChI=1S/C22H27N3O2/c1-15-12-16(2)17(3)21(13-15)27-11-7-10-23-22(26)14-25-18(4)24-19-8-5-6-9-20(19)25/h5-6,8-9,12-13H,7,10-11,14H2,1-4H3,(H,23,26). The van der Waals surface area contributed by atoms with Gasteiger partial charge in [-0.1, -0.05) is 18.2 Å². The molecule has 3 rings (SSSR count). The summed E-state index contributed by atoms with van der Waals surface area (Å²) in [5.74, 6) is 1.77. The van der Waals surface area contributed by atoms with Crippen LogP contribution in [0.1, 0.15) is 28.9 Å². The van der Waals surface area contributed by atoms with Crippen molar-refractivity contribution in [2.75, 3.05) is 13.2 Å². The van der Waals surface area contributed by atoms with Gasteiger partial charge in [-0.25, -0.2) is 4.98 Å². The van der Waals surface area contributed by atoms with Gasteiger partial charge in [0, 0.05) is 6.54 Å². The van der Waals surface area contributed by atoms with Crippen molar-refractivity contribution in [2.24, 2.45) is 0 Å². The monoisotopic (exact) mass is 365 g/mol. The Hall–Kier alpha value is -2.82. The molecule has 27 heavy (non-hydrogen) atoms. The number of para-hydroxylation sites is 2. The third-order valence-corrected chi connectivity index (χ3v) is 4.81. The zero-order valence-electron chi connectivity index (χ0n) is 16.5. The minimum atomic E-state index is -0.0103. The molecule has 0 fully saturated rings. The van der Waals surface area contributed by atoms with Crippen LogP contribution in [0.15, 0.2) is 36.4 Å². The lowest BCUT2D eigenvalue weighted by Crippen LogP contribution is -2.29. The molecule has 1 N–H and O–H groups in total. The number of benzene rings is 2. The molecule has 1 heterocycles. The summed E-state index contributed by atoms with van der Waals surface area (Å²) in [5.41, 5.74) is 5.51. The highest BCUT2D eigenvalue weighted by atomic mass is 16.5. The van der Waals surface area contributed by atoms with Crippen LogP contribution in [0, 0.1) is 27.7 Å². The number of carbonyl (C=O) groups is 1. The molecule has 5 heteroatoms. The average molecular weight is 365 g/mol. The van der Waals surface area contributed by atoms with Crippen LogP contribution < -0.4 is 10.1 Å². The number of aromatic nitrogens is 2. The van der Waals surface area contributed by atoms with Gasteiger partial charge in [0.05, 0.1) is 17.6 Å². The van der Waals surface area contributed by atoms with Crippen LogP contribution in [-0.4, -0.2) is 28.6 Å². The minimum absolute atomic E-state index is 0.0103. The number of nitrogens with one attached hydrogen (secondary N) is 1. The van der Waals surface area contributed by atoms with Gasteiger partial charge in [0.2, 0.25) is 5.91 Å². The smallest absolute Gasteiger partial charge is 0.240 e. The molecule has 0 saturated carbocycles. The first kappa shape index (κ1) is 19.0. The van der Waals surface area contributed by atoms with Gasteiger partial charge in [-0.2, -0.15) is 0 Å². The van der Waals surface area contributed by atoms with Gasteiger partial charge in [-0.3, -0.25) is 4.79 Å². The van der Waals surface area contributed by atoms with Crippen molar-refractivity contribution < 1.29 is 9.53 Å². The maximum Gasteiger partial charge on any atom is 0.240 e. The summed E-state index contributed by atoms with van der Waals surface area (Å²) in [6, 6.07) is 12.1. The van der Waals surface area contributed by atoms with Crippen molar-refractivity contribution in [3.8, 4) is 5.75 Å². The number of hydrogen-bond donors (Lipinski definition) is 1. The second kappa shape index (κ2) is 8.25. The Morgan fingerprint density at radius 1 is 1.15 bits per heavy atom. The number of aryl methyl sites for hydroxylation is 3. The molecule has 0 radical (unpaired) electrons. The van der Waals surface area contributed by atoms with E-state index in [0.29, 0.717) is 13.2 Å². The molecule has 0 aliphatic rings. The van der Waals surface area contributed by atoms with Crippen LogP contribution in [0.5, 0.6) is 5.75 Å². The lowest BCUT2D eigenvalue weighted by atomic mass is 10.1. The molecule has 0 bridgehead atoms. The summed E-state index contributed by atoms with van der Waals surface area (Å²) < 4.78 is 7.84. The van der Waals surface area contributed by atoms with Crippen LogP contribution in [0.4, 0.5) is 0 Å². The number of rotatable bonds is 7. The summed E-state index contributed by atoms with van der Waals surface area (Å²) in [7, 11) is 0. The van der Waals surface area contributed by atoms with Gasteiger partial charge in [0.1, 0.15) is 18.1 Å². The van der Waals surface area contributed by atoms with Gasteiger partial charge in [-0.05, 0) is 69.0 Å². The lowest BCUT2D eigenvalue weighted by Gasteiger charge is -2.13. The molecule has 5 nitrogen and oxygen atoms in total. The first-order chi connectivity index (χ1) is 13.0. The van der Waals surface area contributed by atoms with Crippen LogP contribution >= 0.6 is 0 Å². The van der Waals surface area contributed by atoms with Crippen molar-refractivity contribution in [2.45, 2.75) is 40.7 Å². The Morgan fingerprint density at radius 3 is 2.74 bits per heavy atom. The second-order valence-electron chi connectivity index (χ2n) is 6.99. The first-order valence-corrected chi connectivity index (χ1v) is 9.35. The quantitative estimate of drug-likeness (QED) is 0.647. The molecule has 0 saturated heterocycles. The number of amides is 1. The zero-order valence-corrected chi connectivity index (χ0v) is 16.5. The second-order valence-corrected chi connectivity index (χ2v) is 6.99. The Bertz CT molecular complexity index is 960. The van der Waals surface area contributed by atoms with Crippen LogP contribution in [0.3, 0.4) is 0 Å². The average Bonchev–Trinajstić information content (AvgIpc) is 2.94. The topological polar surface area (TPSA) is 56.1 Å². The molecular weight excluding hydrogens is 338 g/mol. The molecule has 3 aromatic rings. The minimum Gasteiger partial charge on any atom is -0.493 e. The molecule has 0 aliphatic carbocycles. The maximum atomic E-state index is 12.3. The number of imidazole rings is 1. The molecule has 142 valence electrons. The van der Waals surface area contributed by atoms with E-state index in [-0.39, 0.29) is 12.5 Å². The molecule has 1 amide bonds. The van der Waals surface area contributed by atoms with Gasteiger partial charge in [-0.15, -0.1) is 0 Å². The molecule has 1 aromatic heterocycles. The number of hydrogen-bond acceptors (Lipinski definition) is 3. The fourth-order valence-electron chi connectivity index (χ4n) is 3.23. The Kier molecular flexibility index (Phi) is 5.79. The predicted octanol–water partition coefficient (Wildman–Crippen LogP) is 3.86. The van der Waals surface area contributed by atoms with Crippen LogP contribution in [0.2, 0.25) is 0 Å².